The van der Waals surface area contributed by atoms with Gasteiger partial charge in [-0.15, -0.1) is 36.2 Å². The van der Waals surface area contributed by atoms with Gasteiger partial charge in [-0.25, -0.2) is 4.98 Å². The van der Waals surface area contributed by atoms with Crippen molar-refractivity contribution in [2.45, 2.75) is 32.2 Å². The molecule has 7 heteroatoms. The molecule has 0 atom stereocenters. The standard InChI is InChI=1S/C12H19N3OS.2ClH/c1-12(2,11-14-7-8-17-11)15-10(16)9-3-5-13-6-4-9;;/h7-9,13H,3-6H2,1-2H3,(H,15,16);2*1H. The Morgan fingerprint density at radius 1 is 1.42 bits per heavy atom. The van der Waals surface area contributed by atoms with Gasteiger partial charge in [0, 0.05) is 17.5 Å². The number of rotatable bonds is 3. The summed E-state index contributed by atoms with van der Waals surface area (Å²) in [7, 11) is 0. The lowest BCUT2D eigenvalue weighted by Gasteiger charge is -2.28. The summed E-state index contributed by atoms with van der Waals surface area (Å²) in [5.74, 6) is 0.308. The van der Waals surface area contributed by atoms with Crippen molar-refractivity contribution in [1.29, 1.82) is 0 Å². The largest absolute Gasteiger partial charge is 0.344 e. The van der Waals surface area contributed by atoms with Crippen LogP contribution in [-0.4, -0.2) is 24.0 Å². The zero-order valence-corrected chi connectivity index (χ0v) is 13.6. The fourth-order valence-electron chi connectivity index (χ4n) is 2.08. The van der Waals surface area contributed by atoms with Crippen molar-refractivity contribution in [2.75, 3.05) is 13.1 Å². The number of amides is 1. The molecule has 2 heterocycles. The second-order valence-corrected chi connectivity index (χ2v) is 5.87. The predicted molar refractivity (Wildman–Crippen MR) is 83.4 cm³/mol. The van der Waals surface area contributed by atoms with E-state index in [9.17, 15) is 4.79 Å². The van der Waals surface area contributed by atoms with Gasteiger partial charge in [0.05, 0.1) is 5.54 Å². The smallest absolute Gasteiger partial charge is 0.223 e. The van der Waals surface area contributed by atoms with Crippen LogP contribution in [-0.2, 0) is 10.3 Å². The quantitative estimate of drug-likeness (QED) is 0.896. The van der Waals surface area contributed by atoms with Gasteiger partial charge in [0.25, 0.3) is 0 Å². The molecule has 19 heavy (non-hydrogen) atoms. The van der Waals surface area contributed by atoms with Gasteiger partial charge in [-0.3, -0.25) is 4.79 Å². The summed E-state index contributed by atoms with van der Waals surface area (Å²) in [6.45, 7) is 5.89. The maximum absolute atomic E-state index is 12.1. The number of thiazole rings is 1. The number of hydrogen-bond donors (Lipinski definition) is 2. The van der Waals surface area contributed by atoms with E-state index < -0.39 is 0 Å². The highest BCUT2D eigenvalue weighted by molar-refractivity contribution is 7.09. The fourth-order valence-corrected chi connectivity index (χ4v) is 2.80. The van der Waals surface area contributed by atoms with Crippen LogP contribution < -0.4 is 10.6 Å². The Morgan fingerprint density at radius 2 is 2.05 bits per heavy atom. The number of carbonyl (C=O) groups excluding carboxylic acids is 1. The van der Waals surface area contributed by atoms with Crippen molar-refractivity contribution in [3.05, 3.63) is 16.6 Å². The third-order valence-electron chi connectivity index (χ3n) is 3.11. The van der Waals surface area contributed by atoms with E-state index >= 15 is 0 Å². The van der Waals surface area contributed by atoms with Crippen molar-refractivity contribution < 1.29 is 4.79 Å². The molecule has 4 nitrogen and oxygen atoms in total. The molecule has 1 aromatic rings. The molecular formula is C12H21Cl2N3OS. The number of carbonyl (C=O) groups is 1. The molecule has 0 aliphatic carbocycles. The molecule has 0 spiro atoms. The highest BCUT2D eigenvalue weighted by Crippen LogP contribution is 2.23. The second-order valence-electron chi connectivity index (χ2n) is 4.98. The number of hydrogen-bond acceptors (Lipinski definition) is 4. The summed E-state index contributed by atoms with van der Waals surface area (Å²) in [4.78, 5) is 16.4. The average molecular weight is 326 g/mol. The molecule has 0 saturated carbocycles. The summed E-state index contributed by atoms with van der Waals surface area (Å²) in [6, 6.07) is 0. The first-order valence-corrected chi connectivity index (χ1v) is 6.90. The molecule has 0 aromatic carbocycles. The Hall–Kier alpha value is -0.360. The maximum Gasteiger partial charge on any atom is 0.223 e. The monoisotopic (exact) mass is 325 g/mol. The second kappa shape index (κ2) is 8.04. The molecule has 1 amide bonds. The molecular weight excluding hydrogens is 305 g/mol. The van der Waals surface area contributed by atoms with Crippen molar-refractivity contribution in [1.82, 2.24) is 15.6 Å². The Morgan fingerprint density at radius 3 is 2.58 bits per heavy atom. The van der Waals surface area contributed by atoms with E-state index in [4.69, 9.17) is 0 Å². The van der Waals surface area contributed by atoms with Gasteiger partial charge >= 0.3 is 0 Å². The Kier molecular flexibility index (Phi) is 7.89. The summed E-state index contributed by atoms with van der Waals surface area (Å²) in [5.41, 5.74) is -0.365. The molecule has 2 N–H and O–H groups in total. The van der Waals surface area contributed by atoms with Gasteiger partial charge in [0.15, 0.2) is 0 Å². The molecule has 2 rings (SSSR count). The van der Waals surface area contributed by atoms with Gasteiger partial charge in [-0.1, -0.05) is 0 Å². The number of halogens is 2. The summed E-state index contributed by atoms with van der Waals surface area (Å²) in [6.07, 6.45) is 3.64. The van der Waals surface area contributed by atoms with Crippen LogP contribution in [0.1, 0.15) is 31.7 Å². The van der Waals surface area contributed by atoms with Crippen molar-refractivity contribution in [3.8, 4) is 0 Å². The molecule has 0 unspecified atom stereocenters. The third kappa shape index (κ3) is 4.91. The minimum absolute atomic E-state index is 0. The van der Waals surface area contributed by atoms with E-state index in [2.05, 4.69) is 15.6 Å². The fraction of sp³-hybridized carbons (Fsp3) is 0.667. The lowest BCUT2D eigenvalue weighted by atomic mass is 9.95. The molecule has 1 aliphatic rings. The van der Waals surface area contributed by atoms with E-state index in [-0.39, 0.29) is 42.2 Å². The van der Waals surface area contributed by atoms with Crippen molar-refractivity contribution in [2.24, 2.45) is 5.92 Å². The first-order valence-electron chi connectivity index (χ1n) is 6.02. The van der Waals surface area contributed by atoms with Gasteiger partial charge < -0.3 is 10.6 Å². The average Bonchev–Trinajstić information content (AvgIpc) is 2.84. The summed E-state index contributed by atoms with van der Waals surface area (Å²) >= 11 is 1.58. The zero-order chi connectivity index (χ0) is 12.3. The lowest BCUT2D eigenvalue weighted by molar-refractivity contribution is -0.127. The van der Waals surface area contributed by atoms with E-state index in [1.54, 1.807) is 17.5 Å². The molecule has 0 radical (unpaired) electrons. The van der Waals surface area contributed by atoms with E-state index in [1.165, 1.54) is 0 Å². The molecule has 110 valence electrons. The normalized spacial score (nSPS) is 16.1. The highest BCUT2D eigenvalue weighted by atomic mass is 35.5. The van der Waals surface area contributed by atoms with Crippen LogP contribution in [0.3, 0.4) is 0 Å². The molecule has 1 saturated heterocycles. The number of nitrogens with zero attached hydrogens (tertiary/aromatic N) is 1. The third-order valence-corrected chi connectivity index (χ3v) is 4.21. The van der Waals surface area contributed by atoms with E-state index in [0.717, 1.165) is 30.9 Å². The van der Waals surface area contributed by atoms with Crippen LogP contribution in [0, 0.1) is 5.92 Å². The minimum atomic E-state index is -0.365. The summed E-state index contributed by atoms with van der Waals surface area (Å²) in [5, 5.41) is 9.28. The van der Waals surface area contributed by atoms with Crippen molar-refractivity contribution in [3.63, 3.8) is 0 Å². The Bertz CT molecular complexity index is 378. The number of nitrogens with one attached hydrogen (secondary N) is 2. The minimum Gasteiger partial charge on any atom is -0.344 e. The maximum atomic E-state index is 12.1. The van der Waals surface area contributed by atoms with Crippen LogP contribution in [0.4, 0.5) is 0 Å². The Balaban J connectivity index is 0.00000162. The van der Waals surface area contributed by atoms with Gasteiger partial charge in [0.2, 0.25) is 5.91 Å². The lowest BCUT2D eigenvalue weighted by Crippen LogP contribution is -2.46. The van der Waals surface area contributed by atoms with Crippen LogP contribution >= 0.6 is 36.2 Å². The van der Waals surface area contributed by atoms with Gasteiger partial charge in [0.1, 0.15) is 5.01 Å². The van der Waals surface area contributed by atoms with E-state index in [1.807, 2.05) is 19.2 Å². The number of aromatic nitrogens is 1. The van der Waals surface area contributed by atoms with Gasteiger partial charge in [-0.2, -0.15) is 0 Å². The van der Waals surface area contributed by atoms with Crippen LogP contribution in [0.5, 0.6) is 0 Å². The Labute approximate surface area is 130 Å². The molecule has 0 bridgehead atoms. The molecule has 1 aromatic heterocycles. The number of piperidine rings is 1. The van der Waals surface area contributed by atoms with Crippen molar-refractivity contribution >= 4 is 42.1 Å². The van der Waals surface area contributed by atoms with Gasteiger partial charge in [-0.05, 0) is 39.8 Å². The topological polar surface area (TPSA) is 54.0 Å². The van der Waals surface area contributed by atoms with E-state index in [0.29, 0.717) is 0 Å². The summed E-state index contributed by atoms with van der Waals surface area (Å²) < 4.78 is 0. The SMILES string of the molecule is CC(C)(NC(=O)C1CCNCC1)c1nccs1.Cl.Cl. The highest BCUT2D eigenvalue weighted by Gasteiger charge is 2.29. The molecule has 1 aliphatic heterocycles. The van der Waals surface area contributed by atoms with Crippen LogP contribution in [0.15, 0.2) is 11.6 Å². The van der Waals surface area contributed by atoms with Crippen LogP contribution in [0.25, 0.3) is 0 Å². The first-order chi connectivity index (χ1) is 8.09. The predicted octanol–water partition coefficient (Wildman–Crippen LogP) is 2.34. The van der Waals surface area contributed by atoms with Crippen LogP contribution in [0.2, 0.25) is 0 Å². The first kappa shape index (κ1) is 18.6. The zero-order valence-electron chi connectivity index (χ0n) is 11.1. The molecule has 1 fully saturated rings.